The standard InChI is InChI=1S/C36H47N5O9/c1-22(2)16-29(34(46)48-6)41-33(45)28(40-31(43)20-37-30(42)19-38-35(47)50-36(3,4)5)17-25-24-14-10-11-15-26(24)39-27(25)18-32(44)49-21-23-12-8-7-9-13-23/h7-15,22,28-29,39H,16-21H2,1-6H3,(H,37,42)(H,38,47)(H,40,43)(H,41,45)/t28-,29-/m0/s1. The van der Waals surface area contributed by atoms with Crippen molar-refractivity contribution in [1.82, 2.24) is 26.3 Å². The first-order chi connectivity index (χ1) is 23.6. The number of alkyl carbamates (subject to hydrolysis) is 1. The largest absolute Gasteiger partial charge is 0.467 e. The van der Waals surface area contributed by atoms with Crippen LogP contribution in [0.1, 0.15) is 57.9 Å². The van der Waals surface area contributed by atoms with Gasteiger partial charge in [-0.15, -0.1) is 0 Å². The molecule has 0 fully saturated rings. The van der Waals surface area contributed by atoms with Crippen LogP contribution in [0.3, 0.4) is 0 Å². The molecule has 0 aliphatic heterocycles. The lowest BCUT2D eigenvalue weighted by molar-refractivity contribution is -0.146. The van der Waals surface area contributed by atoms with Crippen molar-refractivity contribution in [2.45, 2.75) is 78.2 Å². The zero-order valence-electron chi connectivity index (χ0n) is 29.3. The van der Waals surface area contributed by atoms with Gasteiger partial charge in [-0.05, 0) is 50.3 Å². The van der Waals surface area contributed by atoms with E-state index in [9.17, 15) is 28.8 Å². The van der Waals surface area contributed by atoms with E-state index in [-0.39, 0.29) is 31.8 Å². The molecule has 0 unspecified atom stereocenters. The first kappa shape index (κ1) is 39.0. The molecule has 0 aliphatic carbocycles. The summed E-state index contributed by atoms with van der Waals surface area (Å²) in [6.45, 7) is 7.93. The first-order valence-electron chi connectivity index (χ1n) is 16.3. The van der Waals surface area contributed by atoms with Crippen molar-refractivity contribution in [3.63, 3.8) is 0 Å². The van der Waals surface area contributed by atoms with Crippen molar-refractivity contribution in [1.29, 1.82) is 0 Å². The maximum Gasteiger partial charge on any atom is 0.408 e. The number of ether oxygens (including phenoxy) is 3. The van der Waals surface area contributed by atoms with Crippen LogP contribution in [-0.4, -0.2) is 78.6 Å². The van der Waals surface area contributed by atoms with E-state index in [1.54, 1.807) is 20.8 Å². The zero-order chi connectivity index (χ0) is 36.8. The Balaban J connectivity index is 1.81. The minimum absolute atomic E-state index is 0.0269. The van der Waals surface area contributed by atoms with Gasteiger partial charge in [0.2, 0.25) is 17.7 Å². The van der Waals surface area contributed by atoms with Gasteiger partial charge in [0.1, 0.15) is 30.8 Å². The Bertz CT molecular complexity index is 1650. The highest BCUT2D eigenvalue weighted by Crippen LogP contribution is 2.25. The number of carbonyl (C=O) groups is 6. The van der Waals surface area contributed by atoms with E-state index in [0.29, 0.717) is 16.8 Å². The first-order valence-corrected chi connectivity index (χ1v) is 16.3. The summed E-state index contributed by atoms with van der Waals surface area (Å²) >= 11 is 0. The highest BCUT2D eigenvalue weighted by Gasteiger charge is 2.30. The third-order valence-electron chi connectivity index (χ3n) is 7.27. The molecule has 0 bridgehead atoms. The van der Waals surface area contributed by atoms with E-state index >= 15 is 0 Å². The number of rotatable bonds is 16. The Morgan fingerprint density at radius 2 is 1.48 bits per heavy atom. The number of benzene rings is 2. The molecule has 0 saturated heterocycles. The minimum Gasteiger partial charge on any atom is -0.467 e. The van der Waals surface area contributed by atoms with Crippen molar-refractivity contribution in [3.8, 4) is 0 Å². The third kappa shape index (κ3) is 12.9. The molecule has 3 rings (SSSR count). The van der Waals surface area contributed by atoms with Crippen LogP contribution < -0.4 is 21.3 Å². The molecular formula is C36H47N5O9. The van der Waals surface area contributed by atoms with Crippen LogP contribution in [0.25, 0.3) is 10.9 Å². The van der Waals surface area contributed by atoms with Crippen molar-refractivity contribution in [3.05, 3.63) is 71.4 Å². The van der Waals surface area contributed by atoms with E-state index in [2.05, 4.69) is 26.3 Å². The molecule has 0 radical (unpaired) electrons. The van der Waals surface area contributed by atoms with Crippen LogP contribution in [0.15, 0.2) is 54.6 Å². The van der Waals surface area contributed by atoms with Gasteiger partial charge in [0.05, 0.1) is 20.1 Å². The Kier molecular flexibility index (Phi) is 14.4. The van der Waals surface area contributed by atoms with Crippen LogP contribution >= 0.6 is 0 Å². The average molecular weight is 694 g/mol. The summed E-state index contributed by atoms with van der Waals surface area (Å²) in [4.78, 5) is 79.9. The summed E-state index contributed by atoms with van der Waals surface area (Å²) in [5.74, 6) is -3.16. The summed E-state index contributed by atoms with van der Waals surface area (Å²) in [6.07, 6.45) is -0.732. The number of H-pyrrole nitrogens is 1. The SMILES string of the molecule is COC(=O)[C@H](CC(C)C)NC(=O)[C@H](Cc1c(CC(=O)OCc2ccccc2)[nH]c2ccccc12)NC(=O)CNC(=O)CNC(=O)OC(C)(C)C. The second-order valence-corrected chi connectivity index (χ2v) is 13.1. The Hall–Kier alpha value is -5.40. The Morgan fingerprint density at radius 1 is 0.820 bits per heavy atom. The van der Waals surface area contributed by atoms with Crippen molar-refractivity contribution >= 4 is 46.7 Å². The summed E-state index contributed by atoms with van der Waals surface area (Å²) in [5.41, 5.74) is 1.85. The fourth-order valence-corrected chi connectivity index (χ4v) is 5.04. The van der Waals surface area contributed by atoms with Gasteiger partial charge in [0, 0.05) is 23.0 Å². The second kappa shape index (κ2) is 18.4. The van der Waals surface area contributed by atoms with Gasteiger partial charge in [-0.25, -0.2) is 9.59 Å². The van der Waals surface area contributed by atoms with Gasteiger partial charge in [0.25, 0.3) is 0 Å². The van der Waals surface area contributed by atoms with Crippen LogP contribution in [0, 0.1) is 5.92 Å². The van der Waals surface area contributed by atoms with E-state index < -0.39 is 66.5 Å². The minimum atomic E-state index is -1.24. The van der Waals surface area contributed by atoms with Gasteiger partial charge >= 0.3 is 18.0 Å². The molecule has 1 heterocycles. The van der Waals surface area contributed by atoms with Crippen molar-refractivity contribution < 1.29 is 43.0 Å². The maximum atomic E-state index is 13.8. The molecule has 270 valence electrons. The highest BCUT2D eigenvalue weighted by molar-refractivity contribution is 5.94. The number of amides is 4. The number of esters is 2. The molecule has 0 aliphatic rings. The summed E-state index contributed by atoms with van der Waals surface area (Å²) in [6, 6.07) is 14.3. The molecule has 5 N–H and O–H groups in total. The lowest BCUT2D eigenvalue weighted by Crippen LogP contribution is -2.54. The van der Waals surface area contributed by atoms with Crippen LogP contribution in [0.2, 0.25) is 0 Å². The Labute approximate surface area is 291 Å². The number of methoxy groups -OCH3 is 1. The van der Waals surface area contributed by atoms with Gasteiger partial charge < -0.3 is 40.5 Å². The van der Waals surface area contributed by atoms with Crippen LogP contribution in [0.4, 0.5) is 4.79 Å². The average Bonchev–Trinajstić information content (AvgIpc) is 3.40. The van der Waals surface area contributed by atoms with Crippen LogP contribution in [-0.2, 0) is 57.6 Å². The number of nitrogens with one attached hydrogen (secondary N) is 5. The maximum absolute atomic E-state index is 13.8. The van der Waals surface area contributed by atoms with Crippen LogP contribution in [0.5, 0.6) is 0 Å². The molecule has 0 spiro atoms. The monoisotopic (exact) mass is 693 g/mol. The highest BCUT2D eigenvalue weighted by atomic mass is 16.6. The van der Waals surface area contributed by atoms with E-state index in [1.165, 1.54) is 7.11 Å². The number of aromatic amines is 1. The van der Waals surface area contributed by atoms with Crippen molar-refractivity contribution in [2.24, 2.45) is 5.92 Å². The number of para-hydroxylation sites is 1. The van der Waals surface area contributed by atoms with E-state index in [1.807, 2.05) is 68.4 Å². The number of carbonyl (C=O) groups excluding carboxylic acids is 6. The molecule has 50 heavy (non-hydrogen) atoms. The fourth-order valence-electron chi connectivity index (χ4n) is 5.04. The molecule has 1 aromatic heterocycles. The molecular weight excluding hydrogens is 646 g/mol. The summed E-state index contributed by atoms with van der Waals surface area (Å²) in [5, 5.41) is 10.8. The number of fused-ring (bicyclic) bond motifs is 1. The lowest BCUT2D eigenvalue weighted by Gasteiger charge is -2.24. The molecule has 2 aromatic carbocycles. The molecule has 14 nitrogen and oxygen atoms in total. The number of hydrogen-bond donors (Lipinski definition) is 5. The third-order valence-corrected chi connectivity index (χ3v) is 7.27. The second-order valence-electron chi connectivity index (χ2n) is 13.1. The van der Waals surface area contributed by atoms with Gasteiger partial charge in [-0.1, -0.05) is 62.4 Å². The smallest absolute Gasteiger partial charge is 0.408 e. The topological polar surface area (TPSA) is 194 Å². The molecule has 4 amide bonds. The predicted octanol–water partition coefficient (Wildman–Crippen LogP) is 2.83. The number of aromatic nitrogens is 1. The zero-order valence-corrected chi connectivity index (χ0v) is 29.3. The van der Waals surface area contributed by atoms with Gasteiger partial charge in [-0.3, -0.25) is 19.2 Å². The van der Waals surface area contributed by atoms with E-state index in [4.69, 9.17) is 14.2 Å². The number of hydrogen-bond acceptors (Lipinski definition) is 9. The summed E-state index contributed by atoms with van der Waals surface area (Å²) < 4.78 is 15.5. The molecule has 3 aromatic rings. The molecule has 14 heteroatoms. The molecule has 2 atom stereocenters. The lowest BCUT2D eigenvalue weighted by atomic mass is 9.99. The van der Waals surface area contributed by atoms with Gasteiger partial charge in [0.15, 0.2) is 0 Å². The fraction of sp³-hybridized carbons (Fsp3) is 0.444. The quantitative estimate of drug-likeness (QED) is 0.111. The normalized spacial score (nSPS) is 12.4. The predicted molar refractivity (Wildman–Crippen MR) is 185 cm³/mol. The van der Waals surface area contributed by atoms with Crippen molar-refractivity contribution in [2.75, 3.05) is 20.2 Å². The Morgan fingerprint density at radius 3 is 2.14 bits per heavy atom. The van der Waals surface area contributed by atoms with Gasteiger partial charge in [-0.2, -0.15) is 0 Å². The summed E-state index contributed by atoms with van der Waals surface area (Å²) in [7, 11) is 1.22. The van der Waals surface area contributed by atoms with E-state index in [0.717, 1.165) is 10.9 Å². The molecule has 0 saturated carbocycles.